The van der Waals surface area contributed by atoms with E-state index in [-0.39, 0.29) is 0 Å². The van der Waals surface area contributed by atoms with Gasteiger partial charge in [0.2, 0.25) is 0 Å². The van der Waals surface area contributed by atoms with E-state index >= 15 is 0 Å². The smallest absolute Gasteiger partial charge is 0.0723 e. The van der Waals surface area contributed by atoms with Gasteiger partial charge in [0.15, 0.2) is 0 Å². The highest BCUT2D eigenvalue weighted by molar-refractivity contribution is 6.31. The first-order valence-corrected chi connectivity index (χ1v) is 8.10. The maximum atomic E-state index is 6.13. The molecule has 0 bridgehead atoms. The third-order valence-corrected chi connectivity index (χ3v) is 4.76. The van der Waals surface area contributed by atoms with Gasteiger partial charge < -0.3 is 10.1 Å². The fraction of sp³-hybridized carbons (Fsp3) is 0.471. The van der Waals surface area contributed by atoms with Crippen molar-refractivity contribution in [3.8, 4) is 0 Å². The van der Waals surface area contributed by atoms with Gasteiger partial charge in [0, 0.05) is 34.9 Å². The van der Waals surface area contributed by atoms with Gasteiger partial charge in [-0.2, -0.15) is 0 Å². The summed E-state index contributed by atoms with van der Waals surface area (Å²) in [5.74, 6) is 0.804. The quantitative estimate of drug-likeness (QED) is 0.920. The van der Waals surface area contributed by atoms with Crippen LogP contribution in [0.2, 0.25) is 5.02 Å². The van der Waals surface area contributed by atoms with Crippen LogP contribution in [0, 0.1) is 5.92 Å². The molecule has 1 saturated carbocycles. The Bertz CT molecular complexity index is 656. The highest BCUT2D eigenvalue weighted by Gasteiger charge is 2.35. The standard InChI is InChI=1S/C17H19ClN2O/c18-12-3-4-15-14(9-12)16(5-7-19-15)20-13-6-8-21-17(10-13)11-1-2-11/h3-5,7,9,11,13,17H,1-2,6,8,10H2,(H,19,20). The van der Waals surface area contributed by atoms with Crippen molar-refractivity contribution in [2.75, 3.05) is 11.9 Å². The van der Waals surface area contributed by atoms with Crippen LogP contribution < -0.4 is 5.32 Å². The number of nitrogens with zero attached hydrogens (tertiary/aromatic N) is 1. The lowest BCUT2D eigenvalue weighted by Gasteiger charge is -2.31. The summed E-state index contributed by atoms with van der Waals surface area (Å²) in [4.78, 5) is 4.41. The fourth-order valence-corrected chi connectivity index (χ4v) is 3.39. The number of benzene rings is 1. The molecule has 0 spiro atoms. The molecule has 1 N–H and O–H groups in total. The lowest BCUT2D eigenvalue weighted by molar-refractivity contribution is -0.00217. The Morgan fingerprint density at radius 2 is 2.10 bits per heavy atom. The van der Waals surface area contributed by atoms with E-state index in [0.717, 1.165) is 47.0 Å². The predicted molar refractivity (Wildman–Crippen MR) is 85.9 cm³/mol. The Labute approximate surface area is 129 Å². The van der Waals surface area contributed by atoms with Gasteiger partial charge in [-0.1, -0.05) is 11.6 Å². The van der Waals surface area contributed by atoms with Crippen LogP contribution in [0.5, 0.6) is 0 Å². The maximum absolute atomic E-state index is 6.13. The third kappa shape index (κ3) is 2.85. The zero-order chi connectivity index (χ0) is 14.2. The number of rotatable bonds is 3. The Kier molecular flexibility index (Phi) is 3.48. The van der Waals surface area contributed by atoms with E-state index in [1.165, 1.54) is 12.8 Å². The molecular formula is C17H19ClN2O. The molecular weight excluding hydrogens is 284 g/mol. The van der Waals surface area contributed by atoms with Crippen LogP contribution in [0.15, 0.2) is 30.5 Å². The highest BCUT2D eigenvalue weighted by Crippen LogP contribution is 2.38. The Hall–Kier alpha value is -1.32. The predicted octanol–water partition coefficient (Wildman–Crippen LogP) is 4.26. The first kappa shape index (κ1) is 13.4. The van der Waals surface area contributed by atoms with Gasteiger partial charge in [-0.05, 0) is 55.9 Å². The number of ether oxygens (including phenoxy) is 1. The summed E-state index contributed by atoms with van der Waals surface area (Å²) >= 11 is 6.13. The van der Waals surface area contributed by atoms with E-state index in [1.54, 1.807) is 0 Å². The Morgan fingerprint density at radius 1 is 1.19 bits per heavy atom. The van der Waals surface area contributed by atoms with Crippen molar-refractivity contribution in [3.63, 3.8) is 0 Å². The SMILES string of the molecule is Clc1ccc2nccc(NC3CCOC(C4CC4)C3)c2c1. The van der Waals surface area contributed by atoms with Crippen LogP contribution >= 0.6 is 11.6 Å². The van der Waals surface area contributed by atoms with Crippen LogP contribution in [-0.4, -0.2) is 23.7 Å². The van der Waals surface area contributed by atoms with Crippen LogP contribution in [0.25, 0.3) is 10.9 Å². The van der Waals surface area contributed by atoms with Crippen molar-refractivity contribution >= 4 is 28.2 Å². The number of hydrogen-bond acceptors (Lipinski definition) is 3. The van der Waals surface area contributed by atoms with Gasteiger partial charge >= 0.3 is 0 Å². The van der Waals surface area contributed by atoms with Crippen molar-refractivity contribution in [1.82, 2.24) is 4.98 Å². The first-order valence-electron chi connectivity index (χ1n) is 7.72. The normalized spacial score (nSPS) is 26.0. The van der Waals surface area contributed by atoms with Gasteiger partial charge in [-0.25, -0.2) is 0 Å². The van der Waals surface area contributed by atoms with Crippen molar-refractivity contribution in [2.45, 2.75) is 37.8 Å². The number of hydrogen-bond donors (Lipinski definition) is 1. The maximum Gasteiger partial charge on any atom is 0.0723 e. The number of pyridine rings is 1. The summed E-state index contributed by atoms with van der Waals surface area (Å²) in [5.41, 5.74) is 2.11. The Morgan fingerprint density at radius 3 is 2.95 bits per heavy atom. The molecule has 4 heteroatoms. The van der Waals surface area contributed by atoms with Gasteiger partial charge in [0.25, 0.3) is 0 Å². The minimum absolute atomic E-state index is 0.452. The molecule has 4 rings (SSSR count). The molecule has 2 aromatic rings. The number of aromatic nitrogens is 1. The molecule has 1 aliphatic heterocycles. The summed E-state index contributed by atoms with van der Waals surface area (Å²) in [6.07, 6.45) is 7.16. The molecule has 110 valence electrons. The molecule has 1 aromatic heterocycles. The zero-order valence-corrected chi connectivity index (χ0v) is 12.6. The molecule has 0 radical (unpaired) electrons. The van der Waals surface area contributed by atoms with Gasteiger partial charge in [-0.15, -0.1) is 0 Å². The average molecular weight is 303 g/mol. The lowest BCUT2D eigenvalue weighted by Crippen LogP contribution is -2.35. The minimum Gasteiger partial charge on any atom is -0.382 e. The molecule has 1 saturated heterocycles. The van der Waals surface area contributed by atoms with Crippen molar-refractivity contribution in [3.05, 3.63) is 35.5 Å². The molecule has 21 heavy (non-hydrogen) atoms. The van der Waals surface area contributed by atoms with Crippen molar-refractivity contribution in [2.24, 2.45) is 5.92 Å². The third-order valence-electron chi connectivity index (χ3n) is 4.53. The second-order valence-corrected chi connectivity index (χ2v) is 6.57. The molecule has 2 fully saturated rings. The molecule has 2 heterocycles. The van der Waals surface area contributed by atoms with E-state index in [9.17, 15) is 0 Å². The zero-order valence-electron chi connectivity index (χ0n) is 11.9. The minimum atomic E-state index is 0.452. The van der Waals surface area contributed by atoms with E-state index < -0.39 is 0 Å². The van der Waals surface area contributed by atoms with Crippen LogP contribution in [0.1, 0.15) is 25.7 Å². The number of fused-ring (bicyclic) bond motifs is 1. The van der Waals surface area contributed by atoms with Crippen LogP contribution in [0.4, 0.5) is 5.69 Å². The summed E-state index contributed by atoms with van der Waals surface area (Å²) in [6, 6.07) is 8.37. The highest BCUT2D eigenvalue weighted by atomic mass is 35.5. The molecule has 0 amide bonds. The molecule has 2 atom stereocenters. The molecule has 3 nitrogen and oxygen atoms in total. The number of nitrogens with one attached hydrogen (secondary N) is 1. The average Bonchev–Trinajstić information content (AvgIpc) is 3.33. The lowest BCUT2D eigenvalue weighted by atomic mass is 9.99. The second kappa shape index (κ2) is 5.47. The fourth-order valence-electron chi connectivity index (χ4n) is 3.22. The van der Waals surface area contributed by atoms with Gasteiger partial charge in [0.1, 0.15) is 0 Å². The van der Waals surface area contributed by atoms with Gasteiger partial charge in [-0.3, -0.25) is 4.98 Å². The largest absolute Gasteiger partial charge is 0.382 e. The molecule has 2 aliphatic rings. The number of halogens is 1. The van der Waals surface area contributed by atoms with Crippen LogP contribution in [-0.2, 0) is 4.74 Å². The monoisotopic (exact) mass is 302 g/mol. The molecule has 1 aromatic carbocycles. The van der Waals surface area contributed by atoms with E-state index in [0.29, 0.717) is 12.1 Å². The van der Waals surface area contributed by atoms with Crippen molar-refractivity contribution < 1.29 is 4.74 Å². The second-order valence-electron chi connectivity index (χ2n) is 6.13. The van der Waals surface area contributed by atoms with Gasteiger partial charge in [0.05, 0.1) is 11.6 Å². The van der Waals surface area contributed by atoms with Crippen LogP contribution in [0.3, 0.4) is 0 Å². The van der Waals surface area contributed by atoms with Crippen molar-refractivity contribution in [1.29, 1.82) is 0 Å². The summed E-state index contributed by atoms with van der Waals surface area (Å²) in [7, 11) is 0. The first-order chi connectivity index (χ1) is 10.3. The van der Waals surface area contributed by atoms with E-state index in [1.807, 2.05) is 30.5 Å². The Balaban J connectivity index is 1.57. The van der Waals surface area contributed by atoms with E-state index in [2.05, 4.69) is 10.3 Å². The topological polar surface area (TPSA) is 34.2 Å². The number of anilines is 1. The summed E-state index contributed by atoms with van der Waals surface area (Å²) in [6.45, 7) is 0.864. The van der Waals surface area contributed by atoms with E-state index in [4.69, 9.17) is 16.3 Å². The summed E-state index contributed by atoms with van der Waals surface area (Å²) < 4.78 is 5.90. The molecule has 2 unspecified atom stereocenters. The molecule has 1 aliphatic carbocycles. The summed E-state index contributed by atoms with van der Waals surface area (Å²) in [5, 5.41) is 5.53.